The van der Waals surface area contributed by atoms with Gasteiger partial charge in [0.1, 0.15) is 6.33 Å². The molecule has 0 spiro atoms. The van der Waals surface area contributed by atoms with Gasteiger partial charge >= 0.3 is 6.18 Å². The number of aromatic nitrogens is 2. The average Bonchev–Trinajstić information content (AvgIpc) is 2.66. The van der Waals surface area contributed by atoms with Crippen LogP contribution in [0.2, 0.25) is 5.15 Å². The quantitative estimate of drug-likeness (QED) is 0.724. The average molecular weight is 402 g/mol. The number of methoxy groups -OCH3 is 1. The monoisotopic (exact) mass is 401 g/mol. The molecule has 0 aliphatic carbocycles. The fourth-order valence-electron chi connectivity index (χ4n) is 3.05. The normalized spacial score (nSPS) is 20.3. The highest BCUT2D eigenvalue weighted by Crippen LogP contribution is 2.35. The summed E-state index contributed by atoms with van der Waals surface area (Å²) >= 11 is 5.97. The highest BCUT2D eigenvalue weighted by molar-refractivity contribution is 6.31. The summed E-state index contributed by atoms with van der Waals surface area (Å²) in [6, 6.07) is 5.15. The van der Waals surface area contributed by atoms with Crippen LogP contribution in [0.1, 0.15) is 36.5 Å². The Morgan fingerprint density at radius 1 is 1.22 bits per heavy atom. The number of benzene rings is 1. The second kappa shape index (κ2) is 8.31. The molecule has 0 amide bonds. The molecule has 2 heterocycles. The van der Waals surface area contributed by atoms with Crippen molar-refractivity contribution >= 4 is 17.4 Å². The molecule has 1 aromatic carbocycles. The van der Waals surface area contributed by atoms with E-state index in [1.807, 2.05) is 0 Å². The first-order valence-corrected chi connectivity index (χ1v) is 8.87. The molecule has 9 heteroatoms. The molecule has 3 rings (SSSR count). The van der Waals surface area contributed by atoms with Crippen molar-refractivity contribution in [1.29, 1.82) is 0 Å². The molecule has 1 aromatic heterocycles. The van der Waals surface area contributed by atoms with Gasteiger partial charge in [0.15, 0.2) is 16.7 Å². The number of anilines is 1. The van der Waals surface area contributed by atoms with Gasteiger partial charge < -0.3 is 14.8 Å². The molecule has 0 radical (unpaired) electrons. The minimum Gasteiger partial charge on any atom is -0.490 e. The van der Waals surface area contributed by atoms with Crippen molar-refractivity contribution < 1.29 is 22.6 Å². The summed E-state index contributed by atoms with van der Waals surface area (Å²) in [6.45, 7) is 0.473. The zero-order valence-electron chi connectivity index (χ0n) is 14.6. The summed E-state index contributed by atoms with van der Waals surface area (Å²) in [5.74, 6) is 0.826. The highest BCUT2D eigenvalue weighted by Gasteiger charge is 2.31. The number of nitrogens with zero attached hydrogens (tertiary/aromatic N) is 2. The number of alkyl halides is 3. The molecule has 0 unspecified atom stereocenters. The predicted molar refractivity (Wildman–Crippen MR) is 95.0 cm³/mol. The van der Waals surface area contributed by atoms with Crippen LogP contribution in [0.4, 0.5) is 19.0 Å². The highest BCUT2D eigenvalue weighted by atomic mass is 35.5. The van der Waals surface area contributed by atoms with Crippen LogP contribution in [0.3, 0.4) is 0 Å². The van der Waals surface area contributed by atoms with E-state index < -0.39 is 11.7 Å². The van der Waals surface area contributed by atoms with Gasteiger partial charge in [0, 0.05) is 6.54 Å². The predicted octanol–water partition coefficient (Wildman–Crippen LogP) is 4.88. The summed E-state index contributed by atoms with van der Waals surface area (Å²) in [4.78, 5) is 7.97. The zero-order valence-corrected chi connectivity index (χ0v) is 15.3. The zero-order chi connectivity index (χ0) is 19.4. The molecule has 0 bridgehead atoms. The van der Waals surface area contributed by atoms with E-state index in [1.54, 1.807) is 0 Å². The van der Waals surface area contributed by atoms with Crippen molar-refractivity contribution in [3.8, 4) is 5.75 Å². The Hall–Kier alpha value is -2.06. The standard InChI is InChI=1S/C18H19ClF3N3O2/c1-26-15-16(19)24-10-25-17(15)23-9-13-3-2-4-14(27-13)11-5-7-12(8-6-11)18(20,21)22/h5-8,10,13-14H,2-4,9H2,1H3,(H,23,24,25)/t13-,14+/m1/s1. The van der Waals surface area contributed by atoms with Gasteiger partial charge in [-0.1, -0.05) is 23.7 Å². The lowest BCUT2D eigenvalue weighted by atomic mass is 9.97. The van der Waals surface area contributed by atoms with E-state index in [4.69, 9.17) is 21.1 Å². The molecule has 1 aliphatic heterocycles. The van der Waals surface area contributed by atoms with Crippen LogP contribution >= 0.6 is 11.6 Å². The first-order valence-electron chi connectivity index (χ1n) is 8.49. The van der Waals surface area contributed by atoms with E-state index in [-0.39, 0.29) is 17.4 Å². The maximum absolute atomic E-state index is 12.7. The number of hydrogen-bond donors (Lipinski definition) is 1. The van der Waals surface area contributed by atoms with Crippen LogP contribution < -0.4 is 10.1 Å². The molecule has 146 valence electrons. The van der Waals surface area contributed by atoms with Crippen LogP contribution in [-0.2, 0) is 10.9 Å². The topological polar surface area (TPSA) is 56.3 Å². The summed E-state index contributed by atoms with van der Waals surface area (Å²) < 4.78 is 49.4. The fraction of sp³-hybridized carbons (Fsp3) is 0.444. The van der Waals surface area contributed by atoms with Crippen molar-refractivity contribution in [2.75, 3.05) is 19.0 Å². The Morgan fingerprint density at radius 2 is 1.96 bits per heavy atom. The molecule has 1 saturated heterocycles. The lowest BCUT2D eigenvalue weighted by Gasteiger charge is -2.31. The van der Waals surface area contributed by atoms with Crippen molar-refractivity contribution in [1.82, 2.24) is 9.97 Å². The van der Waals surface area contributed by atoms with E-state index in [0.717, 1.165) is 37.0 Å². The van der Waals surface area contributed by atoms with Gasteiger partial charge in [-0.2, -0.15) is 13.2 Å². The van der Waals surface area contributed by atoms with Gasteiger partial charge in [0.25, 0.3) is 0 Å². The number of halogens is 4. The van der Waals surface area contributed by atoms with Crippen molar-refractivity contribution in [2.45, 2.75) is 37.6 Å². The van der Waals surface area contributed by atoms with Crippen LogP contribution in [0.15, 0.2) is 30.6 Å². The summed E-state index contributed by atoms with van der Waals surface area (Å²) in [7, 11) is 1.48. The fourth-order valence-corrected chi connectivity index (χ4v) is 3.26. The van der Waals surface area contributed by atoms with Gasteiger partial charge in [-0.05, 0) is 37.0 Å². The van der Waals surface area contributed by atoms with Gasteiger partial charge in [-0.15, -0.1) is 0 Å². The van der Waals surface area contributed by atoms with Gasteiger partial charge in [0.2, 0.25) is 0 Å². The lowest BCUT2D eigenvalue weighted by Crippen LogP contribution is -2.29. The largest absolute Gasteiger partial charge is 0.490 e. The molecule has 5 nitrogen and oxygen atoms in total. The lowest BCUT2D eigenvalue weighted by molar-refractivity contribution is -0.137. The molecular formula is C18H19ClF3N3O2. The van der Waals surface area contributed by atoms with Crippen LogP contribution in [-0.4, -0.2) is 29.7 Å². The molecule has 1 fully saturated rings. The number of nitrogens with one attached hydrogen (secondary N) is 1. The van der Waals surface area contributed by atoms with Gasteiger partial charge in [-0.25, -0.2) is 9.97 Å². The Morgan fingerprint density at radius 3 is 2.63 bits per heavy atom. The molecule has 1 aliphatic rings. The number of rotatable bonds is 5. The second-order valence-corrected chi connectivity index (χ2v) is 6.58. The van der Waals surface area contributed by atoms with E-state index in [1.165, 1.54) is 25.6 Å². The number of ether oxygens (including phenoxy) is 2. The van der Waals surface area contributed by atoms with E-state index >= 15 is 0 Å². The second-order valence-electron chi connectivity index (χ2n) is 6.22. The molecule has 27 heavy (non-hydrogen) atoms. The van der Waals surface area contributed by atoms with E-state index in [9.17, 15) is 13.2 Å². The molecule has 2 atom stereocenters. The third kappa shape index (κ3) is 4.81. The Balaban J connectivity index is 1.62. The Kier molecular flexibility index (Phi) is 6.06. The van der Waals surface area contributed by atoms with E-state index in [0.29, 0.717) is 18.1 Å². The summed E-state index contributed by atoms with van der Waals surface area (Å²) in [5.41, 5.74) is 0.0865. The Labute approximate surface area is 159 Å². The molecule has 0 saturated carbocycles. The van der Waals surface area contributed by atoms with Crippen molar-refractivity contribution in [3.63, 3.8) is 0 Å². The van der Waals surface area contributed by atoms with Crippen LogP contribution in [0.25, 0.3) is 0 Å². The van der Waals surface area contributed by atoms with Crippen LogP contribution in [0, 0.1) is 0 Å². The van der Waals surface area contributed by atoms with E-state index in [2.05, 4.69) is 15.3 Å². The molecular weight excluding hydrogens is 383 g/mol. The Bertz CT molecular complexity index is 771. The SMILES string of the molecule is COc1c(Cl)ncnc1NC[C@H]1CCC[C@@H](c2ccc(C(F)(F)F)cc2)O1. The maximum Gasteiger partial charge on any atom is 0.416 e. The first-order chi connectivity index (χ1) is 12.9. The molecule has 1 N–H and O–H groups in total. The minimum absolute atomic E-state index is 0.107. The molecule has 2 aromatic rings. The van der Waals surface area contributed by atoms with Crippen molar-refractivity contribution in [2.24, 2.45) is 0 Å². The van der Waals surface area contributed by atoms with Gasteiger partial charge in [0.05, 0.1) is 24.9 Å². The first kappa shape index (κ1) is 19.7. The summed E-state index contributed by atoms with van der Waals surface area (Å²) in [5, 5.41) is 3.35. The third-order valence-corrected chi connectivity index (χ3v) is 4.69. The minimum atomic E-state index is -4.34. The third-order valence-electron chi connectivity index (χ3n) is 4.42. The number of hydrogen-bond acceptors (Lipinski definition) is 5. The summed E-state index contributed by atoms with van der Waals surface area (Å²) in [6.07, 6.45) is -0.820. The van der Waals surface area contributed by atoms with Crippen molar-refractivity contribution in [3.05, 3.63) is 46.9 Å². The maximum atomic E-state index is 12.7. The smallest absolute Gasteiger partial charge is 0.416 e. The van der Waals surface area contributed by atoms with Crippen LogP contribution in [0.5, 0.6) is 5.75 Å². The van der Waals surface area contributed by atoms with Gasteiger partial charge in [-0.3, -0.25) is 0 Å².